The fraction of sp³-hybridized carbons (Fsp3) is 0.478. The maximum absolute atomic E-state index is 12.5. The van der Waals surface area contributed by atoms with E-state index in [1.54, 1.807) is 7.11 Å². The highest BCUT2D eigenvalue weighted by atomic mass is 16.5. The van der Waals surface area contributed by atoms with Gasteiger partial charge in [-0.1, -0.05) is 30.7 Å². The van der Waals surface area contributed by atoms with Crippen LogP contribution in [0.15, 0.2) is 42.6 Å². The van der Waals surface area contributed by atoms with Crippen LogP contribution in [-0.2, 0) is 11.3 Å². The van der Waals surface area contributed by atoms with E-state index in [1.165, 1.54) is 11.1 Å². The van der Waals surface area contributed by atoms with Crippen LogP contribution in [0.25, 0.3) is 0 Å². The van der Waals surface area contributed by atoms with Crippen LogP contribution in [-0.4, -0.2) is 41.5 Å². The summed E-state index contributed by atoms with van der Waals surface area (Å²) in [4.78, 5) is 19.6. The first kappa shape index (κ1) is 18.9. The number of pyridine rings is 1. The SMILES string of the molecule is COc1ccccc1[C@@H]1CN(Cc2ncccc2C)C[C@]12CCCCC(=O)N2. The van der Waals surface area contributed by atoms with Crippen molar-refractivity contribution in [2.75, 3.05) is 20.2 Å². The Morgan fingerprint density at radius 1 is 1.25 bits per heavy atom. The molecule has 1 aromatic heterocycles. The summed E-state index contributed by atoms with van der Waals surface area (Å²) in [5.41, 5.74) is 3.26. The minimum Gasteiger partial charge on any atom is -0.496 e. The highest BCUT2D eigenvalue weighted by molar-refractivity contribution is 5.77. The summed E-state index contributed by atoms with van der Waals surface area (Å²) >= 11 is 0. The van der Waals surface area contributed by atoms with E-state index in [4.69, 9.17) is 4.74 Å². The normalized spacial score (nSPS) is 25.5. The van der Waals surface area contributed by atoms with Crippen LogP contribution in [0.3, 0.4) is 0 Å². The second-order valence-corrected chi connectivity index (χ2v) is 8.14. The Morgan fingerprint density at radius 2 is 2.11 bits per heavy atom. The first-order valence-corrected chi connectivity index (χ1v) is 10.2. The van der Waals surface area contributed by atoms with Gasteiger partial charge in [0.25, 0.3) is 0 Å². The molecular weight excluding hydrogens is 350 g/mol. The molecule has 1 amide bonds. The summed E-state index contributed by atoms with van der Waals surface area (Å²) in [5, 5.41) is 3.43. The van der Waals surface area contributed by atoms with Crippen LogP contribution < -0.4 is 10.1 Å². The fourth-order valence-corrected chi connectivity index (χ4v) is 4.88. The number of aromatic nitrogens is 1. The number of likely N-dealkylation sites (tertiary alicyclic amines) is 1. The number of hydrogen-bond acceptors (Lipinski definition) is 4. The minimum absolute atomic E-state index is 0.174. The third-order valence-corrected chi connectivity index (χ3v) is 6.28. The van der Waals surface area contributed by atoms with Crippen molar-refractivity contribution in [2.45, 2.75) is 50.6 Å². The molecule has 5 heteroatoms. The third kappa shape index (κ3) is 3.63. The Kier molecular flexibility index (Phi) is 5.36. The molecule has 0 saturated carbocycles. The molecule has 2 fully saturated rings. The van der Waals surface area contributed by atoms with Gasteiger partial charge in [-0.25, -0.2) is 0 Å². The van der Waals surface area contributed by atoms with Crippen LogP contribution in [0, 0.1) is 6.92 Å². The molecule has 2 aliphatic heterocycles. The smallest absolute Gasteiger partial charge is 0.220 e. The zero-order valence-corrected chi connectivity index (χ0v) is 16.8. The molecule has 0 radical (unpaired) electrons. The maximum atomic E-state index is 12.5. The predicted molar refractivity (Wildman–Crippen MR) is 109 cm³/mol. The molecule has 0 aliphatic carbocycles. The lowest BCUT2D eigenvalue weighted by Crippen LogP contribution is -2.52. The molecule has 5 nitrogen and oxygen atoms in total. The Labute approximate surface area is 167 Å². The lowest BCUT2D eigenvalue weighted by Gasteiger charge is -2.35. The number of methoxy groups -OCH3 is 1. The molecule has 3 heterocycles. The van der Waals surface area contributed by atoms with E-state index in [-0.39, 0.29) is 17.4 Å². The van der Waals surface area contributed by atoms with Crippen molar-refractivity contribution in [1.29, 1.82) is 0 Å². The minimum atomic E-state index is -0.245. The number of benzene rings is 1. The van der Waals surface area contributed by atoms with Crippen LogP contribution >= 0.6 is 0 Å². The van der Waals surface area contributed by atoms with E-state index < -0.39 is 0 Å². The van der Waals surface area contributed by atoms with Gasteiger partial charge in [0, 0.05) is 43.7 Å². The van der Waals surface area contributed by atoms with Crippen molar-refractivity contribution < 1.29 is 9.53 Å². The number of para-hydroxylation sites is 1. The van der Waals surface area contributed by atoms with Crippen LogP contribution in [0.2, 0.25) is 0 Å². The quantitative estimate of drug-likeness (QED) is 0.884. The van der Waals surface area contributed by atoms with E-state index >= 15 is 0 Å². The van der Waals surface area contributed by atoms with Crippen molar-refractivity contribution in [2.24, 2.45) is 0 Å². The average molecular weight is 380 g/mol. The molecule has 2 atom stereocenters. The molecule has 2 aromatic rings. The predicted octanol–water partition coefficient (Wildman–Crippen LogP) is 3.43. The van der Waals surface area contributed by atoms with Crippen LogP contribution in [0.1, 0.15) is 48.4 Å². The number of carbonyl (C=O) groups excluding carboxylic acids is 1. The second-order valence-electron chi connectivity index (χ2n) is 8.14. The summed E-state index contributed by atoms with van der Waals surface area (Å²) < 4.78 is 5.68. The van der Waals surface area contributed by atoms with Gasteiger partial charge in [-0.15, -0.1) is 0 Å². The topological polar surface area (TPSA) is 54.5 Å². The van der Waals surface area contributed by atoms with Gasteiger partial charge in [0.1, 0.15) is 5.75 Å². The number of amides is 1. The summed E-state index contributed by atoms with van der Waals surface area (Å²) in [6.45, 7) is 4.64. The average Bonchev–Trinajstić information content (AvgIpc) is 2.92. The van der Waals surface area contributed by atoms with Gasteiger partial charge in [-0.2, -0.15) is 0 Å². The number of nitrogens with zero attached hydrogens (tertiary/aromatic N) is 2. The van der Waals surface area contributed by atoms with E-state index in [0.717, 1.165) is 50.3 Å². The molecule has 28 heavy (non-hydrogen) atoms. The van der Waals surface area contributed by atoms with Crippen molar-refractivity contribution in [1.82, 2.24) is 15.2 Å². The molecule has 4 rings (SSSR count). The van der Waals surface area contributed by atoms with E-state index in [0.29, 0.717) is 6.42 Å². The number of carbonyl (C=O) groups is 1. The summed E-state index contributed by atoms with van der Waals surface area (Å²) in [6, 6.07) is 12.3. The first-order valence-electron chi connectivity index (χ1n) is 10.2. The lowest BCUT2D eigenvalue weighted by molar-refractivity contribution is -0.122. The third-order valence-electron chi connectivity index (χ3n) is 6.28. The number of nitrogens with one attached hydrogen (secondary N) is 1. The van der Waals surface area contributed by atoms with Gasteiger partial charge in [0.05, 0.1) is 18.3 Å². The lowest BCUT2D eigenvalue weighted by atomic mass is 9.78. The van der Waals surface area contributed by atoms with Crippen molar-refractivity contribution in [3.63, 3.8) is 0 Å². The second kappa shape index (κ2) is 7.92. The molecule has 0 unspecified atom stereocenters. The Hall–Kier alpha value is -2.40. The van der Waals surface area contributed by atoms with Crippen LogP contribution in [0.4, 0.5) is 0 Å². The molecule has 2 saturated heterocycles. The van der Waals surface area contributed by atoms with E-state index in [9.17, 15) is 4.79 Å². The van der Waals surface area contributed by atoms with Gasteiger partial charge in [0.15, 0.2) is 0 Å². The molecular formula is C23H29N3O2. The maximum Gasteiger partial charge on any atom is 0.220 e. The Bertz CT molecular complexity index is 853. The number of rotatable bonds is 4. The van der Waals surface area contributed by atoms with Crippen molar-refractivity contribution in [3.8, 4) is 5.75 Å². The zero-order chi connectivity index (χ0) is 19.6. The van der Waals surface area contributed by atoms with Crippen LogP contribution in [0.5, 0.6) is 5.75 Å². The van der Waals surface area contributed by atoms with Crippen molar-refractivity contribution >= 4 is 5.91 Å². The Morgan fingerprint density at radius 3 is 2.93 bits per heavy atom. The molecule has 148 valence electrons. The van der Waals surface area contributed by atoms with Crippen molar-refractivity contribution in [3.05, 3.63) is 59.4 Å². The molecule has 1 spiro atoms. The number of ether oxygens (including phenoxy) is 1. The van der Waals surface area contributed by atoms with Gasteiger partial charge < -0.3 is 10.1 Å². The summed E-state index contributed by atoms with van der Waals surface area (Å²) in [7, 11) is 1.72. The molecule has 1 aromatic carbocycles. The highest BCUT2D eigenvalue weighted by Crippen LogP contribution is 2.44. The van der Waals surface area contributed by atoms with E-state index in [1.807, 2.05) is 24.4 Å². The molecule has 2 aliphatic rings. The van der Waals surface area contributed by atoms with Gasteiger partial charge in [-0.05, 0) is 37.5 Å². The fourth-order valence-electron chi connectivity index (χ4n) is 4.88. The number of aryl methyl sites for hydroxylation is 1. The summed E-state index contributed by atoms with van der Waals surface area (Å²) in [5.74, 6) is 1.28. The zero-order valence-electron chi connectivity index (χ0n) is 16.8. The van der Waals surface area contributed by atoms with E-state index in [2.05, 4.69) is 40.3 Å². The molecule has 0 bridgehead atoms. The molecule has 1 N–H and O–H groups in total. The van der Waals surface area contributed by atoms with Gasteiger partial charge in [-0.3, -0.25) is 14.7 Å². The van der Waals surface area contributed by atoms with Gasteiger partial charge >= 0.3 is 0 Å². The summed E-state index contributed by atoms with van der Waals surface area (Å²) in [6.07, 6.45) is 5.52. The standard InChI is InChI=1S/C23H29N3O2/c1-17-8-7-13-24-20(17)15-26-14-19(18-9-3-4-10-21(18)28-2)23(16-26)12-6-5-11-22(27)25-23/h3-4,7-10,13,19H,5-6,11-12,14-16H2,1-2H3,(H,25,27)/t19-,23+/m0/s1. The van der Waals surface area contributed by atoms with Gasteiger partial charge in [0.2, 0.25) is 5.91 Å². The Balaban J connectivity index is 1.69. The number of hydrogen-bond donors (Lipinski definition) is 1. The largest absolute Gasteiger partial charge is 0.496 e. The monoisotopic (exact) mass is 379 g/mol. The highest BCUT2D eigenvalue weighted by Gasteiger charge is 2.49. The first-order chi connectivity index (χ1) is 13.6.